The highest BCUT2D eigenvalue weighted by Crippen LogP contribution is 2.32. The number of fused-ring (bicyclic) bond motifs is 1. The Kier molecular flexibility index (Phi) is 4.61. The van der Waals surface area contributed by atoms with Crippen LogP contribution in [-0.4, -0.2) is 10.9 Å². The smallest absolute Gasteiger partial charge is 0.296 e. The summed E-state index contributed by atoms with van der Waals surface area (Å²) >= 11 is 4.77. The zero-order valence-corrected chi connectivity index (χ0v) is 16.4. The molecule has 2 aromatic carbocycles. The average Bonchev–Trinajstić information content (AvgIpc) is 3.27. The van der Waals surface area contributed by atoms with Gasteiger partial charge in [-0.25, -0.2) is 4.98 Å². The molecule has 0 spiro atoms. The minimum Gasteiger partial charge on any atom is -0.444 e. The van der Waals surface area contributed by atoms with Crippen LogP contribution in [0.3, 0.4) is 0 Å². The van der Waals surface area contributed by atoms with Gasteiger partial charge in [0, 0.05) is 0 Å². The Morgan fingerprint density at radius 2 is 1.92 bits per heavy atom. The molecule has 0 aliphatic carbocycles. The van der Waals surface area contributed by atoms with Gasteiger partial charge in [0.25, 0.3) is 5.91 Å². The van der Waals surface area contributed by atoms with E-state index in [4.69, 9.17) is 9.40 Å². The fourth-order valence-corrected chi connectivity index (χ4v) is 4.09. The van der Waals surface area contributed by atoms with Gasteiger partial charge in [-0.3, -0.25) is 9.69 Å². The molecule has 0 bridgehead atoms. The van der Waals surface area contributed by atoms with Crippen LogP contribution in [0.5, 0.6) is 0 Å². The zero-order valence-electron chi connectivity index (χ0n) is 14.0. The van der Waals surface area contributed by atoms with Gasteiger partial charge in [-0.05, 0) is 52.2 Å². The molecule has 1 amide bonds. The number of benzene rings is 2. The monoisotopic (exact) mass is 426 g/mol. The van der Waals surface area contributed by atoms with Crippen molar-refractivity contribution < 1.29 is 9.21 Å². The molecule has 2 heterocycles. The maximum atomic E-state index is 13.1. The molecular weight excluding hydrogens is 412 g/mol. The maximum absolute atomic E-state index is 13.1. The minimum atomic E-state index is -0.212. The van der Waals surface area contributed by atoms with Crippen LogP contribution in [0.2, 0.25) is 0 Å². The summed E-state index contributed by atoms with van der Waals surface area (Å²) in [6.07, 6.45) is 0. The number of para-hydroxylation sites is 1. The van der Waals surface area contributed by atoms with Crippen LogP contribution < -0.4 is 4.90 Å². The highest BCUT2D eigenvalue weighted by molar-refractivity contribution is 9.10. The number of nitrogens with zero attached hydrogens (tertiary/aromatic N) is 2. The van der Waals surface area contributed by atoms with Crippen LogP contribution in [0, 0.1) is 6.92 Å². The number of amides is 1. The van der Waals surface area contributed by atoms with E-state index in [1.54, 1.807) is 17.0 Å². The maximum Gasteiger partial charge on any atom is 0.296 e. The third-order valence-electron chi connectivity index (χ3n) is 4.05. The molecule has 4 nitrogen and oxygen atoms in total. The molecule has 0 aliphatic rings. The first-order valence-corrected chi connectivity index (χ1v) is 9.70. The van der Waals surface area contributed by atoms with Crippen molar-refractivity contribution in [2.45, 2.75) is 13.5 Å². The number of aromatic nitrogens is 1. The Balaban J connectivity index is 1.78. The van der Waals surface area contributed by atoms with E-state index < -0.39 is 0 Å². The number of anilines is 1. The van der Waals surface area contributed by atoms with Gasteiger partial charge in [0.2, 0.25) is 0 Å². The third-order valence-corrected chi connectivity index (χ3v) is 5.52. The van der Waals surface area contributed by atoms with Crippen molar-refractivity contribution in [2.24, 2.45) is 0 Å². The fourth-order valence-electron chi connectivity index (χ4n) is 2.74. The number of furan rings is 1. The van der Waals surface area contributed by atoms with Crippen molar-refractivity contribution in [1.29, 1.82) is 0 Å². The molecule has 0 saturated carbocycles. The van der Waals surface area contributed by atoms with Crippen molar-refractivity contribution >= 4 is 48.5 Å². The largest absolute Gasteiger partial charge is 0.444 e. The van der Waals surface area contributed by atoms with Crippen molar-refractivity contribution in [3.63, 3.8) is 0 Å². The molecule has 6 heteroatoms. The SMILES string of the molecule is Cc1cccc2sc(N(Cc3ccccc3)C(=O)c3ccc(Br)o3)nc12. The number of rotatable bonds is 4. The van der Waals surface area contributed by atoms with Crippen molar-refractivity contribution in [3.05, 3.63) is 82.2 Å². The van der Waals surface area contributed by atoms with E-state index in [1.807, 2.05) is 55.5 Å². The summed E-state index contributed by atoms with van der Waals surface area (Å²) in [4.78, 5) is 19.5. The van der Waals surface area contributed by atoms with Crippen molar-refractivity contribution in [3.8, 4) is 0 Å². The predicted octanol–water partition coefficient (Wildman–Crippen LogP) is 5.81. The predicted molar refractivity (Wildman–Crippen MR) is 108 cm³/mol. The highest BCUT2D eigenvalue weighted by Gasteiger charge is 2.24. The zero-order chi connectivity index (χ0) is 18.1. The molecule has 0 fully saturated rings. The molecule has 0 radical (unpaired) electrons. The second-order valence-corrected chi connectivity index (χ2v) is 7.69. The lowest BCUT2D eigenvalue weighted by Crippen LogP contribution is -2.30. The van der Waals surface area contributed by atoms with Gasteiger partial charge in [0.05, 0.1) is 16.8 Å². The molecule has 0 unspecified atom stereocenters. The van der Waals surface area contributed by atoms with Gasteiger partial charge < -0.3 is 4.42 Å². The molecule has 26 heavy (non-hydrogen) atoms. The van der Waals surface area contributed by atoms with Gasteiger partial charge in [-0.15, -0.1) is 0 Å². The summed E-state index contributed by atoms with van der Waals surface area (Å²) in [7, 11) is 0. The van der Waals surface area contributed by atoms with E-state index >= 15 is 0 Å². The molecular formula is C20H15BrN2O2S. The number of hydrogen-bond donors (Lipinski definition) is 0. The van der Waals surface area contributed by atoms with E-state index in [9.17, 15) is 4.79 Å². The summed E-state index contributed by atoms with van der Waals surface area (Å²) in [5, 5.41) is 0.663. The van der Waals surface area contributed by atoms with Gasteiger partial charge in [0.1, 0.15) is 0 Å². The lowest BCUT2D eigenvalue weighted by molar-refractivity contribution is 0.0957. The van der Waals surface area contributed by atoms with Crippen molar-refractivity contribution in [1.82, 2.24) is 4.98 Å². The number of carbonyl (C=O) groups is 1. The molecule has 130 valence electrons. The Bertz CT molecular complexity index is 1070. The Morgan fingerprint density at radius 1 is 1.12 bits per heavy atom. The molecule has 0 atom stereocenters. The van der Waals surface area contributed by atoms with E-state index in [0.29, 0.717) is 16.3 Å². The van der Waals surface area contributed by atoms with Crippen LogP contribution >= 0.6 is 27.3 Å². The number of halogens is 1. The van der Waals surface area contributed by atoms with E-state index in [2.05, 4.69) is 15.9 Å². The quantitative estimate of drug-likeness (QED) is 0.413. The first-order valence-electron chi connectivity index (χ1n) is 8.09. The summed E-state index contributed by atoms with van der Waals surface area (Å²) < 4.78 is 7.08. The molecule has 4 rings (SSSR count). The number of carbonyl (C=O) groups excluding carboxylic acids is 1. The molecule has 0 aliphatic heterocycles. The van der Waals surface area contributed by atoms with Gasteiger partial charge in [-0.2, -0.15) is 0 Å². The van der Waals surface area contributed by atoms with Crippen LogP contribution in [0.4, 0.5) is 5.13 Å². The Hall–Kier alpha value is -2.44. The summed E-state index contributed by atoms with van der Waals surface area (Å²) in [5.74, 6) is 0.0695. The Labute approximate surface area is 163 Å². The van der Waals surface area contributed by atoms with Gasteiger partial charge >= 0.3 is 0 Å². The molecule has 4 aromatic rings. The van der Waals surface area contributed by atoms with Crippen LogP contribution in [0.1, 0.15) is 21.7 Å². The lowest BCUT2D eigenvalue weighted by atomic mass is 10.2. The number of thiazole rings is 1. The molecule has 0 N–H and O–H groups in total. The summed E-state index contributed by atoms with van der Waals surface area (Å²) in [6, 6.07) is 19.3. The standard InChI is InChI=1S/C20H15BrN2O2S/c1-13-6-5-9-16-18(13)22-20(26-16)23(12-14-7-3-2-4-8-14)19(24)15-10-11-17(21)25-15/h2-11H,12H2,1H3. The van der Waals surface area contributed by atoms with E-state index in [-0.39, 0.29) is 11.7 Å². The number of hydrogen-bond acceptors (Lipinski definition) is 4. The van der Waals surface area contributed by atoms with E-state index in [0.717, 1.165) is 21.3 Å². The summed E-state index contributed by atoms with van der Waals surface area (Å²) in [5.41, 5.74) is 3.05. The van der Waals surface area contributed by atoms with Gasteiger partial charge in [-0.1, -0.05) is 53.8 Å². The lowest BCUT2D eigenvalue weighted by Gasteiger charge is -2.18. The fraction of sp³-hybridized carbons (Fsp3) is 0.100. The third kappa shape index (κ3) is 3.30. The van der Waals surface area contributed by atoms with Crippen LogP contribution in [0.25, 0.3) is 10.2 Å². The first-order chi connectivity index (χ1) is 12.6. The second-order valence-electron chi connectivity index (χ2n) is 5.90. The topological polar surface area (TPSA) is 46.3 Å². The normalized spacial score (nSPS) is 11.0. The summed E-state index contributed by atoms with van der Waals surface area (Å²) in [6.45, 7) is 2.45. The molecule has 2 aromatic heterocycles. The Morgan fingerprint density at radius 3 is 2.62 bits per heavy atom. The van der Waals surface area contributed by atoms with Gasteiger partial charge in [0.15, 0.2) is 15.6 Å². The minimum absolute atomic E-state index is 0.212. The van der Waals surface area contributed by atoms with E-state index in [1.165, 1.54) is 11.3 Å². The number of aryl methyl sites for hydroxylation is 1. The van der Waals surface area contributed by atoms with Crippen molar-refractivity contribution in [2.75, 3.05) is 4.90 Å². The highest BCUT2D eigenvalue weighted by atomic mass is 79.9. The van der Waals surface area contributed by atoms with Crippen LogP contribution in [-0.2, 0) is 6.54 Å². The second kappa shape index (κ2) is 7.05. The van der Waals surface area contributed by atoms with Crippen LogP contribution in [0.15, 0.2) is 69.8 Å². The first kappa shape index (κ1) is 17.0. The molecule has 0 saturated heterocycles. The average molecular weight is 427 g/mol.